The van der Waals surface area contributed by atoms with E-state index in [2.05, 4.69) is 26.1 Å². The second kappa shape index (κ2) is 10.5. The molecule has 190 valence electrons. The molecule has 6 nitrogen and oxygen atoms in total. The summed E-state index contributed by atoms with van der Waals surface area (Å²) < 4.78 is 41.1. The first-order valence-electron chi connectivity index (χ1n) is 11.2. The monoisotopic (exact) mass is 578 g/mol. The lowest BCUT2D eigenvalue weighted by Gasteiger charge is -2.38. The maximum absolute atomic E-state index is 13.9. The molecule has 1 aliphatic rings. The third-order valence-electron chi connectivity index (χ3n) is 6.17. The zero-order valence-electron chi connectivity index (χ0n) is 19.8. The molecule has 0 spiro atoms. The standard InChI is InChI=1S/C28H18BrF3N4O2/c1-16-25(34-2)23(18-8-6-17(15-33)7-9-18)24(26(37)35-21-12-10-20(29)11-13-21)27(38)36(16)22-5-3-4-19(14-22)28(30,31)32/h3-14,23-24H,1H3,(H,35,37). The molecular formula is C28H18BrF3N4O2. The summed E-state index contributed by atoms with van der Waals surface area (Å²) >= 11 is 3.31. The summed E-state index contributed by atoms with van der Waals surface area (Å²) in [5.74, 6) is -4.00. The molecule has 2 unspecified atom stereocenters. The third-order valence-corrected chi connectivity index (χ3v) is 6.69. The average molecular weight is 579 g/mol. The molecule has 4 rings (SSSR count). The molecule has 3 aromatic rings. The third kappa shape index (κ3) is 5.17. The van der Waals surface area contributed by atoms with E-state index in [0.717, 1.165) is 21.5 Å². The number of nitrogens with one attached hydrogen (secondary N) is 1. The number of alkyl halides is 3. The summed E-state index contributed by atoms with van der Waals surface area (Å²) in [5.41, 5.74) is 0.262. The first-order chi connectivity index (χ1) is 18.0. The predicted molar refractivity (Wildman–Crippen MR) is 138 cm³/mol. The zero-order valence-corrected chi connectivity index (χ0v) is 21.3. The van der Waals surface area contributed by atoms with Gasteiger partial charge in [0, 0.05) is 27.5 Å². The molecule has 1 aliphatic heterocycles. The van der Waals surface area contributed by atoms with E-state index >= 15 is 0 Å². The van der Waals surface area contributed by atoms with Gasteiger partial charge in [-0.1, -0.05) is 34.1 Å². The molecular weight excluding hydrogens is 561 g/mol. The number of carbonyl (C=O) groups is 2. The summed E-state index contributed by atoms with van der Waals surface area (Å²) in [7, 11) is 0. The van der Waals surface area contributed by atoms with Crippen molar-refractivity contribution in [1.29, 1.82) is 5.26 Å². The lowest BCUT2D eigenvalue weighted by Crippen LogP contribution is -2.48. The van der Waals surface area contributed by atoms with Crippen LogP contribution in [-0.4, -0.2) is 11.8 Å². The Morgan fingerprint density at radius 3 is 2.34 bits per heavy atom. The van der Waals surface area contributed by atoms with E-state index in [9.17, 15) is 22.8 Å². The average Bonchev–Trinajstić information content (AvgIpc) is 2.89. The number of benzene rings is 3. The van der Waals surface area contributed by atoms with Crippen LogP contribution in [0.1, 0.15) is 29.5 Å². The maximum Gasteiger partial charge on any atom is 0.416 e. The summed E-state index contributed by atoms with van der Waals surface area (Å²) in [4.78, 5) is 32.2. The van der Waals surface area contributed by atoms with E-state index in [4.69, 9.17) is 11.8 Å². The summed E-state index contributed by atoms with van der Waals surface area (Å²) in [6.45, 7) is 9.34. The molecule has 2 amide bonds. The van der Waals surface area contributed by atoms with E-state index in [0.29, 0.717) is 16.8 Å². The molecule has 38 heavy (non-hydrogen) atoms. The molecule has 0 fully saturated rings. The van der Waals surface area contributed by atoms with Gasteiger partial charge in [0.05, 0.1) is 23.8 Å². The van der Waals surface area contributed by atoms with Crippen LogP contribution in [0.5, 0.6) is 0 Å². The molecule has 1 N–H and O–H groups in total. The second-order valence-corrected chi connectivity index (χ2v) is 9.41. The second-order valence-electron chi connectivity index (χ2n) is 8.49. The number of nitrogens with zero attached hydrogens (tertiary/aromatic N) is 3. The van der Waals surface area contributed by atoms with Crippen molar-refractivity contribution in [3.8, 4) is 6.07 Å². The van der Waals surface area contributed by atoms with Crippen LogP contribution in [0.25, 0.3) is 4.85 Å². The van der Waals surface area contributed by atoms with Gasteiger partial charge < -0.3 is 5.32 Å². The number of halogens is 4. The first kappa shape index (κ1) is 26.6. The Kier molecular flexibility index (Phi) is 7.38. The Morgan fingerprint density at radius 1 is 1.11 bits per heavy atom. The first-order valence-corrected chi connectivity index (χ1v) is 12.0. The Morgan fingerprint density at radius 2 is 1.76 bits per heavy atom. The number of rotatable bonds is 4. The number of anilines is 2. The van der Waals surface area contributed by atoms with Gasteiger partial charge in [0.1, 0.15) is 5.92 Å². The minimum atomic E-state index is -4.65. The normalized spacial score (nSPS) is 17.6. The minimum absolute atomic E-state index is 0.0303. The van der Waals surface area contributed by atoms with Crippen molar-refractivity contribution >= 4 is 39.1 Å². The zero-order chi connectivity index (χ0) is 27.6. The Hall–Kier alpha value is -4.41. The Balaban J connectivity index is 1.88. The smallest absolute Gasteiger partial charge is 0.325 e. The molecule has 0 bridgehead atoms. The molecule has 0 aliphatic carbocycles. The van der Waals surface area contributed by atoms with Gasteiger partial charge in [-0.2, -0.15) is 18.4 Å². The number of carbonyl (C=O) groups excluding carboxylic acids is 2. The fourth-order valence-corrected chi connectivity index (χ4v) is 4.63. The highest BCUT2D eigenvalue weighted by atomic mass is 79.9. The van der Waals surface area contributed by atoms with Gasteiger partial charge in [-0.15, -0.1) is 0 Å². The molecule has 2 atom stereocenters. The van der Waals surface area contributed by atoms with Crippen molar-refractivity contribution in [1.82, 2.24) is 0 Å². The topological polar surface area (TPSA) is 77.6 Å². The van der Waals surface area contributed by atoms with E-state index in [1.807, 2.05) is 6.07 Å². The van der Waals surface area contributed by atoms with Crippen LogP contribution >= 0.6 is 15.9 Å². The molecule has 0 radical (unpaired) electrons. The van der Waals surface area contributed by atoms with Crippen LogP contribution in [0.2, 0.25) is 0 Å². The molecule has 10 heteroatoms. The molecule has 1 heterocycles. The van der Waals surface area contributed by atoms with Crippen LogP contribution in [0.3, 0.4) is 0 Å². The Labute approximate surface area is 224 Å². The SMILES string of the molecule is [C-]#[N+]C1=C(C)N(c2cccc(C(F)(F)F)c2)C(=O)C(C(=O)Nc2ccc(Br)cc2)C1c1ccc(C#N)cc1. The van der Waals surface area contributed by atoms with E-state index in [1.165, 1.54) is 31.2 Å². The highest BCUT2D eigenvalue weighted by Crippen LogP contribution is 2.44. The van der Waals surface area contributed by atoms with E-state index < -0.39 is 35.4 Å². The number of allylic oxidation sites excluding steroid dienone is 2. The molecule has 3 aromatic carbocycles. The fourth-order valence-electron chi connectivity index (χ4n) is 4.37. The maximum atomic E-state index is 13.9. The predicted octanol–water partition coefficient (Wildman–Crippen LogP) is 6.88. The van der Waals surface area contributed by atoms with Crippen LogP contribution in [0.15, 0.2) is 88.7 Å². The number of hydrogen-bond donors (Lipinski definition) is 1. The molecule has 0 aromatic heterocycles. The lowest BCUT2D eigenvalue weighted by molar-refractivity contribution is -0.138. The van der Waals surface area contributed by atoms with Gasteiger partial charge in [-0.05, 0) is 67.1 Å². The van der Waals surface area contributed by atoms with Crippen molar-refractivity contribution in [3.05, 3.63) is 117 Å². The van der Waals surface area contributed by atoms with Crippen molar-refractivity contribution in [3.63, 3.8) is 0 Å². The van der Waals surface area contributed by atoms with Crippen molar-refractivity contribution < 1.29 is 22.8 Å². The van der Waals surface area contributed by atoms with Gasteiger partial charge in [-0.25, -0.2) is 4.85 Å². The van der Waals surface area contributed by atoms with Crippen molar-refractivity contribution in [2.75, 3.05) is 10.2 Å². The molecule has 0 saturated heterocycles. The Bertz CT molecular complexity index is 1520. The highest BCUT2D eigenvalue weighted by molar-refractivity contribution is 9.10. The number of amides is 2. The van der Waals surface area contributed by atoms with Crippen LogP contribution in [0, 0.1) is 23.8 Å². The number of hydrogen-bond acceptors (Lipinski definition) is 3. The van der Waals surface area contributed by atoms with Gasteiger partial charge in [0.2, 0.25) is 11.8 Å². The quantitative estimate of drug-likeness (QED) is 0.271. The van der Waals surface area contributed by atoms with Crippen LogP contribution in [0.4, 0.5) is 24.5 Å². The van der Waals surface area contributed by atoms with Crippen molar-refractivity contribution in [2.45, 2.75) is 19.0 Å². The van der Waals surface area contributed by atoms with E-state index in [1.54, 1.807) is 36.4 Å². The highest BCUT2D eigenvalue weighted by Gasteiger charge is 2.47. The minimum Gasteiger partial charge on any atom is -0.325 e. The van der Waals surface area contributed by atoms with Gasteiger partial charge in [-0.3, -0.25) is 14.5 Å². The van der Waals surface area contributed by atoms with Gasteiger partial charge in [0.25, 0.3) is 0 Å². The van der Waals surface area contributed by atoms with Crippen LogP contribution in [-0.2, 0) is 15.8 Å². The molecule has 0 saturated carbocycles. The largest absolute Gasteiger partial charge is 0.416 e. The van der Waals surface area contributed by atoms with Crippen LogP contribution < -0.4 is 10.2 Å². The fraction of sp³-hybridized carbons (Fsp3) is 0.143. The summed E-state index contributed by atoms with van der Waals surface area (Å²) in [6, 6.07) is 19.0. The van der Waals surface area contributed by atoms with Gasteiger partial charge >= 0.3 is 6.18 Å². The summed E-state index contributed by atoms with van der Waals surface area (Å²) in [6.07, 6.45) is -4.65. The summed E-state index contributed by atoms with van der Waals surface area (Å²) in [5, 5.41) is 11.9. The van der Waals surface area contributed by atoms with Crippen molar-refractivity contribution in [2.24, 2.45) is 5.92 Å². The lowest BCUT2D eigenvalue weighted by atomic mass is 9.78. The number of nitriles is 1. The van der Waals surface area contributed by atoms with Gasteiger partial charge in [0.15, 0.2) is 5.70 Å². The van der Waals surface area contributed by atoms with E-state index in [-0.39, 0.29) is 17.1 Å².